The molecule has 7 nitrogen and oxygen atoms in total. The van der Waals surface area contributed by atoms with Crippen LogP contribution in [0.2, 0.25) is 0 Å². The van der Waals surface area contributed by atoms with Gasteiger partial charge in [-0.1, -0.05) is 43.3 Å². The zero-order valence-corrected chi connectivity index (χ0v) is 19.2. The Balaban J connectivity index is 1.89. The van der Waals surface area contributed by atoms with Crippen LogP contribution in [0.4, 0.5) is 0 Å². The minimum Gasteiger partial charge on any atom is -0.489 e. The van der Waals surface area contributed by atoms with E-state index in [1.54, 1.807) is 0 Å². The van der Waals surface area contributed by atoms with Gasteiger partial charge in [-0.2, -0.15) is 0 Å². The molecule has 0 fully saturated rings. The van der Waals surface area contributed by atoms with Crippen LogP contribution in [0.15, 0.2) is 48.5 Å². The number of nitrogens with one attached hydrogen (secondary N) is 2. The summed E-state index contributed by atoms with van der Waals surface area (Å²) >= 11 is 0. The molecule has 0 saturated heterocycles. The summed E-state index contributed by atoms with van der Waals surface area (Å²) in [4.78, 5) is 0. The fraction of sp³-hybridized carbons (Fsp3) is 0.429. The first-order chi connectivity index (χ1) is 14.1. The Morgan fingerprint density at radius 2 is 1.47 bits per heavy atom. The van der Waals surface area contributed by atoms with Crippen molar-refractivity contribution in [1.29, 1.82) is 0 Å². The van der Waals surface area contributed by atoms with E-state index in [0.717, 1.165) is 22.9 Å². The first-order valence-corrected chi connectivity index (χ1v) is 13.4. The quantitative estimate of drug-likeness (QED) is 0.513. The predicted octanol–water partition coefficient (Wildman–Crippen LogP) is 2.54. The molecule has 9 heteroatoms. The van der Waals surface area contributed by atoms with Gasteiger partial charge in [0.15, 0.2) is 0 Å². The van der Waals surface area contributed by atoms with E-state index in [2.05, 4.69) is 9.44 Å². The Morgan fingerprint density at radius 3 is 2.00 bits per heavy atom. The molecule has 0 aliphatic rings. The number of rotatable bonds is 12. The molecule has 0 radical (unpaired) electrons. The highest BCUT2D eigenvalue weighted by Gasteiger charge is 2.12. The maximum atomic E-state index is 11.7. The largest absolute Gasteiger partial charge is 0.489 e. The molecule has 0 aromatic heterocycles. The van der Waals surface area contributed by atoms with Crippen LogP contribution in [0.5, 0.6) is 5.75 Å². The molecule has 0 saturated carbocycles. The third-order valence-corrected chi connectivity index (χ3v) is 6.60. The summed E-state index contributed by atoms with van der Waals surface area (Å²) in [6, 6.07) is 15.6. The van der Waals surface area contributed by atoms with Gasteiger partial charge in [0.25, 0.3) is 0 Å². The van der Waals surface area contributed by atoms with Gasteiger partial charge < -0.3 is 4.74 Å². The molecular weight excluding hydrogens is 424 g/mol. The molecule has 0 heterocycles. The fourth-order valence-corrected chi connectivity index (χ4v) is 4.47. The van der Waals surface area contributed by atoms with Crippen molar-refractivity contribution in [2.24, 2.45) is 0 Å². The number of ether oxygens (including phenoxy) is 1. The van der Waals surface area contributed by atoms with Crippen molar-refractivity contribution in [3.63, 3.8) is 0 Å². The highest BCUT2D eigenvalue weighted by atomic mass is 32.2. The summed E-state index contributed by atoms with van der Waals surface area (Å²) in [6.45, 7) is 4.24. The van der Waals surface area contributed by atoms with Crippen molar-refractivity contribution < 1.29 is 21.6 Å². The van der Waals surface area contributed by atoms with E-state index < -0.39 is 20.0 Å². The van der Waals surface area contributed by atoms with Gasteiger partial charge in [0.05, 0.1) is 12.0 Å². The Labute approximate surface area is 180 Å². The topological polar surface area (TPSA) is 102 Å². The Morgan fingerprint density at radius 1 is 0.900 bits per heavy atom. The van der Waals surface area contributed by atoms with Crippen LogP contribution in [-0.2, 0) is 26.5 Å². The summed E-state index contributed by atoms with van der Waals surface area (Å²) in [5, 5.41) is 0. The number of benzene rings is 2. The average Bonchev–Trinajstić information content (AvgIpc) is 2.67. The molecule has 2 N–H and O–H groups in total. The average molecular weight is 455 g/mol. The number of sulfonamides is 2. The van der Waals surface area contributed by atoms with Crippen molar-refractivity contribution in [1.82, 2.24) is 9.44 Å². The van der Waals surface area contributed by atoms with E-state index in [-0.39, 0.29) is 18.4 Å². The Bertz CT molecular complexity index is 1000. The van der Waals surface area contributed by atoms with Crippen molar-refractivity contribution in [3.8, 4) is 16.9 Å². The maximum Gasteiger partial charge on any atom is 0.211 e. The van der Waals surface area contributed by atoms with Crippen molar-refractivity contribution in [2.45, 2.75) is 32.8 Å². The van der Waals surface area contributed by atoms with E-state index in [9.17, 15) is 16.8 Å². The van der Waals surface area contributed by atoms with Crippen LogP contribution in [0.1, 0.15) is 25.8 Å². The van der Waals surface area contributed by atoms with E-state index in [4.69, 9.17) is 4.74 Å². The Hall–Kier alpha value is -1.94. The lowest BCUT2D eigenvalue weighted by molar-refractivity contribution is 0.225. The molecule has 0 bridgehead atoms. The zero-order chi connectivity index (χ0) is 22.2. The lowest BCUT2D eigenvalue weighted by Gasteiger charge is -2.16. The molecule has 0 aliphatic carbocycles. The molecule has 0 amide bonds. The monoisotopic (exact) mass is 454 g/mol. The van der Waals surface area contributed by atoms with Crippen molar-refractivity contribution >= 4 is 20.0 Å². The van der Waals surface area contributed by atoms with Gasteiger partial charge >= 0.3 is 0 Å². The smallest absolute Gasteiger partial charge is 0.211 e. The lowest BCUT2D eigenvalue weighted by Crippen LogP contribution is -2.34. The summed E-state index contributed by atoms with van der Waals surface area (Å²) < 4.78 is 56.5. The zero-order valence-electron chi connectivity index (χ0n) is 17.6. The molecule has 2 rings (SSSR count). The molecule has 0 aliphatic heterocycles. The van der Waals surface area contributed by atoms with Crippen LogP contribution in [-0.4, -0.2) is 48.0 Å². The molecule has 2 aromatic rings. The summed E-state index contributed by atoms with van der Waals surface area (Å²) in [7, 11) is -6.41. The molecule has 30 heavy (non-hydrogen) atoms. The third-order valence-electron chi connectivity index (χ3n) is 4.32. The highest BCUT2D eigenvalue weighted by Crippen LogP contribution is 2.23. The normalized spacial score (nSPS) is 13.2. The van der Waals surface area contributed by atoms with Gasteiger partial charge in [-0.3, -0.25) is 0 Å². The molecule has 2 aromatic carbocycles. The van der Waals surface area contributed by atoms with Gasteiger partial charge in [0, 0.05) is 13.1 Å². The molecule has 0 spiro atoms. The second kappa shape index (κ2) is 10.9. The minimum atomic E-state index is -3.24. The number of hydrogen-bond acceptors (Lipinski definition) is 5. The highest BCUT2D eigenvalue weighted by molar-refractivity contribution is 7.89. The van der Waals surface area contributed by atoms with Crippen LogP contribution in [0, 0.1) is 0 Å². The summed E-state index contributed by atoms with van der Waals surface area (Å²) in [5.74, 6) is 0.783. The first-order valence-electron chi connectivity index (χ1n) is 9.86. The van der Waals surface area contributed by atoms with Crippen LogP contribution in [0.25, 0.3) is 11.1 Å². The van der Waals surface area contributed by atoms with E-state index in [0.29, 0.717) is 25.1 Å². The van der Waals surface area contributed by atoms with Gasteiger partial charge in [-0.25, -0.2) is 26.3 Å². The maximum absolute atomic E-state index is 11.7. The standard InChI is InChI=1S/C21H30N2O5S2/c1-4-15-30(26,27)23-16-17(2)28-21-11-9-20(10-12-21)19-7-5-18(6-8-19)13-14-22-29(3,24)25/h5-12,17,22-23H,4,13-16H2,1-3H3. The van der Waals surface area contributed by atoms with Crippen LogP contribution < -0.4 is 14.2 Å². The van der Waals surface area contributed by atoms with Crippen molar-refractivity contribution in [3.05, 3.63) is 54.1 Å². The Kier molecular flexibility index (Phi) is 8.84. The first kappa shape index (κ1) is 24.3. The fourth-order valence-electron chi connectivity index (χ4n) is 2.83. The third kappa shape index (κ3) is 8.83. The van der Waals surface area contributed by atoms with Gasteiger partial charge in [0.1, 0.15) is 11.9 Å². The van der Waals surface area contributed by atoms with Gasteiger partial charge in [-0.15, -0.1) is 0 Å². The summed E-state index contributed by atoms with van der Waals surface area (Å²) in [6.07, 6.45) is 2.06. The second-order valence-electron chi connectivity index (χ2n) is 7.23. The van der Waals surface area contributed by atoms with Gasteiger partial charge in [0.2, 0.25) is 20.0 Å². The molecule has 1 unspecified atom stereocenters. The lowest BCUT2D eigenvalue weighted by atomic mass is 10.0. The predicted molar refractivity (Wildman–Crippen MR) is 121 cm³/mol. The van der Waals surface area contributed by atoms with Crippen LogP contribution >= 0.6 is 0 Å². The SMILES string of the molecule is CCCS(=O)(=O)NCC(C)Oc1ccc(-c2ccc(CCNS(C)(=O)=O)cc2)cc1. The molecular formula is C21H30N2O5S2. The van der Waals surface area contributed by atoms with E-state index in [1.165, 1.54) is 0 Å². The van der Waals surface area contributed by atoms with Crippen molar-refractivity contribution in [2.75, 3.05) is 25.1 Å². The minimum absolute atomic E-state index is 0.113. The van der Waals surface area contributed by atoms with E-state index >= 15 is 0 Å². The molecule has 1 atom stereocenters. The second-order valence-corrected chi connectivity index (χ2v) is 11.0. The van der Waals surface area contributed by atoms with E-state index in [1.807, 2.05) is 62.4 Å². The van der Waals surface area contributed by atoms with Crippen LogP contribution in [0.3, 0.4) is 0 Å². The molecule has 166 valence electrons. The number of hydrogen-bond donors (Lipinski definition) is 2. The summed E-state index contributed by atoms with van der Waals surface area (Å²) in [5.41, 5.74) is 3.12. The van der Waals surface area contributed by atoms with Gasteiger partial charge in [-0.05, 0) is 48.6 Å².